The number of likely N-dealkylation sites (N-methyl/N-ethyl adjacent to an activating group) is 1. The maximum Gasteiger partial charge on any atom is 0.236 e. The highest BCUT2D eigenvalue weighted by atomic mass is 16.2. The van der Waals surface area contributed by atoms with Gasteiger partial charge in [0.25, 0.3) is 0 Å². The molecule has 0 aromatic carbocycles. The van der Waals surface area contributed by atoms with Crippen molar-refractivity contribution in [1.82, 2.24) is 4.90 Å². The number of nitrogens with zero attached hydrogens (tertiary/aromatic N) is 1. The Kier molecular flexibility index (Phi) is 2.79. The third-order valence-electron chi connectivity index (χ3n) is 5.87. The molecule has 0 unspecified atom stereocenters. The van der Waals surface area contributed by atoms with Crippen LogP contribution in [-0.4, -0.2) is 49.8 Å². The zero-order valence-corrected chi connectivity index (χ0v) is 12.3. The van der Waals surface area contributed by atoms with E-state index < -0.39 is 5.41 Å². The van der Waals surface area contributed by atoms with Gasteiger partial charge in [0.2, 0.25) is 5.91 Å². The summed E-state index contributed by atoms with van der Waals surface area (Å²) in [6.07, 6.45) is 2.64. The van der Waals surface area contributed by atoms with Gasteiger partial charge in [-0.2, -0.15) is 0 Å². The lowest BCUT2D eigenvalue weighted by atomic mass is 9.70. The fourth-order valence-electron chi connectivity index (χ4n) is 4.36. The number of piperazine rings is 1. The number of fused-ring (bicyclic) bond motifs is 2. The van der Waals surface area contributed by atoms with E-state index in [0.29, 0.717) is 5.92 Å². The van der Waals surface area contributed by atoms with Crippen LogP contribution in [0.2, 0.25) is 0 Å². The molecule has 3 aliphatic rings. The summed E-state index contributed by atoms with van der Waals surface area (Å²) >= 11 is 0. The van der Waals surface area contributed by atoms with Crippen molar-refractivity contribution < 1.29 is 14.5 Å². The molecule has 2 atom stereocenters. The monoisotopic (exact) mass is 265 g/mol. The second-order valence-electron chi connectivity index (χ2n) is 7.32. The predicted molar refractivity (Wildman–Crippen MR) is 71.8 cm³/mol. The Morgan fingerprint density at radius 3 is 2.47 bits per heavy atom. The van der Waals surface area contributed by atoms with Crippen LogP contribution in [0.3, 0.4) is 0 Å². The molecule has 3 rings (SSSR count). The van der Waals surface area contributed by atoms with Crippen molar-refractivity contribution in [2.75, 3.05) is 33.2 Å². The average Bonchev–Trinajstić information content (AvgIpc) is 2.90. The summed E-state index contributed by atoms with van der Waals surface area (Å²) in [6, 6.07) is 0. The fourth-order valence-corrected chi connectivity index (χ4v) is 4.36. The lowest BCUT2D eigenvalue weighted by Crippen LogP contribution is -3.12. The van der Waals surface area contributed by atoms with Crippen molar-refractivity contribution in [3.63, 3.8) is 0 Å². The van der Waals surface area contributed by atoms with Gasteiger partial charge in [-0.3, -0.25) is 9.59 Å². The number of ketones is 1. The summed E-state index contributed by atoms with van der Waals surface area (Å²) in [5.74, 6) is 0.771. The van der Waals surface area contributed by atoms with Gasteiger partial charge in [-0.15, -0.1) is 0 Å². The summed E-state index contributed by atoms with van der Waals surface area (Å²) in [7, 11) is 2.16. The average molecular weight is 265 g/mol. The molecule has 2 aliphatic carbocycles. The first-order valence-corrected chi connectivity index (χ1v) is 7.53. The SMILES string of the molecule is C[NH+]1CCN(C(=O)[C@]23CC[C@H](C2)C(C)(C)C3=O)CC1. The van der Waals surface area contributed by atoms with Crippen LogP contribution in [0.1, 0.15) is 33.1 Å². The number of hydrogen-bond donors (Lipinski definition) is 1. The number of Topliss-reactive ketones (excluding diaryl/α,β-unsaturated/α-hetero) is 1. The van der Waals surface area contributed by atoms with Crippen LogP contribution in [0, 0.1) is 16.7 Å². The quantitative estimate of drug-likeness (QED) is 0.664. The molecule has 4 nitrogen and oxygen atoms in total. The third kappa shape index (κ3) is 1.69. The molecule has 19 heavy (non-hydrogen) atoms. The first-order valence-electron chi connectivity index (χ1n) is 7.53. The highest BCUT2D eigenvalue weighted by Crippen LogP contribution is 2.60. The number of amides is 1. The van der Waals surface area contributed by atoms with Crippen LogP contribution in [0.15, 0.2) is 0 Å². The maximum atomic E-state index is 12.9. The van der Waals surface area contributed by atoms with Gasteiger partial charge in [-0.1, -0.05) is 13.8 Å². The van der Waals surface area contributed by atoms with Crippen LogP contribution in [-0.2, 0) is 9.59 Å². The molecule has 1 saturated heterocycles. The van der Waals surface area contributed by atoms with E-state index in [9.17, 15) is 9.59 Å². The van der Waals surface area contributed by atoms with Crippen LogP contribution < -0.4 is 4.90 Å². The predicted octanol–water partition coefficient (Wildman–Crippen LogP) is -0.261. The lowest BCUT2D eigenvalue weighted by molar-refractivity contribution is -0.883. The normalized spacial score (nSPS) is 37.9. The number of carbonyl (C=O) groups excluding carboxylic acids is 2. The Hall–Kier alpha value is -0.900. The molecule has 3 fully saturated rings. The Morgan fingerprint density at radius 2 is 1.95 bits per heavy atom. The van der Waals surface area contributed by atoms with Gasteiger partial charge < -0.3 is 9.80 Å². The molecule has 4 heteroatoms. The molecule has 0 radical (unpaired) electrons. The molecular weight excluding hydrogens is 240 g/mol. The number of quaternary nitrogens is 1. The first-order chi connectivity index (χ1) is 8.88. The van der Waals surface area contributed by atoms with E-state index in [0.717, 1.165) is 45.4 Å². The fraction of sp³-hybridized carbons (Fsp3) is 0.867. The van der Waals surface area contributed by atoms with Crippen molar-refractivity contribution in [1.29, 1.82) is 0 Å². The number of carbonyl (C=O) groups is 2. The number of rotatable bonds is 1. The third-order valence-corrected chi connectivity index (χ3v) is 5.87. The summed E-state index contributed by atoms with van der Waals surface area (Å²) < 4.78 is 0. The number of hydrogen-bond acceptors (Lipinski definition) is 2. The molecule has 2 bridgehead atoms. The Bertz CT molecular complexity index is 424. The Balaban J connectivity index is 1.82. The number of nitrogens with one attached hydrogen (secondary N) is 1. The standard InChI is InChI=1S/C15H24N2O2/c1-14(2)11-4-5-15(10-11,12(14)18)13(19)17-8-6-16(3)7-9-17/h11H,4-10H2,1-3H3/p+1/t11-,15-/m1/s1. The highest BCUT2D eigenvalue weighted by molar-refractivity contribution is 6.10. The first kappa shape index (κ1) is 13.1. The van der Waals surface area contributed by atoms with Gasteiger partial charge >= 0.3 is 0 Å². The van der Waals surface area contributed by atoms with Crippen molar-refractivity contribution >= 4 is 11.7 Å². The van der Waals surface area contributed by atoms with E-state index in [1.54, 1.807) is 0 Å². The van der Waals surface area contributed by atoms with E-state index in [1.807, 2.05) is 18.7 Å². The smallest absolute Gasteiger partial charge is 0.236 e. The minimum atomic E-state index is -0.653. The molecule has 0 aromatic heterocycles. The second kappa shape index (κ2) is 4.05. The van der Waals surface area contributed by atoms with Gasteiger partial charge in [0.05, 0.1) is 33.2 Å². The van der Waals surface area contributed by atoms with E-state index in [2.05, 4.69) is 7.05 Å². The maximum absolute atomic E-state index is 12.9. The molecule has 0 aromatic rings. The minimum absolute atomic E-state index is 0.137. The molecule has 2 saturated carbocycles. The molecule has 106 valence electrons. The van der Waals surface area contributed by atoms with Crippen LogP contribution >= 0.6 is 0 Å². The topological polar surface area (TPSA) is 41.8 Å². The second-order valence-corrected chi connectivity index (χ2v) is 7.32. The Morgan fingerprint density at radius 1 is 1.32 bits per heavy atom. The summed E-state index contributed by atoms with van der Waals surface area (Å²) in [5, 5.41) is 0. The van der Waals surface area contributed by atoms with E-state index in [4.69, 9.17) is 0 Å². The lowest BCUT2D eigenvalue weighted by Gasteiger charge is -2.38. The summed E-state index contributed by atoms with van der Waals surface area (Å²) in [5.41, 5.74) is -0.939. The van der Waals surface area contributed by atoms with E-state index in [-0.39, 0.29) is 17.1 Å². The molecule has 1 amide bonds. The van der Waals surface area contributed by atoms with Gasteiger partial charge in [-0.05, 0) is 25.2 Å². The van der Waals surface area contributed by atoms with Gasteiger partial charge in [0, 0.05) is 5.41 Å². The van der Waals surface area contributed by atoms with Gasteiger partial charge in [0.15, 0.2) is 5.78 Å². The Labute approximate surface area is 115 Å². The van der Waals surface area contributed by atoms with Gasteiger partial charge in [-0.25, -0.2) is 0 Å². The van der Waals surface area contributed by atoms with E-state index in [1.165, 1.54) is 4.90 Å². The molecular formula is C15H25N2O2+. The molecule has 1 aliphatic heterocycles. The minimum Gasteiger partial charge on any atom is -0.334 e. The largest absolute Gasteiger partial charge is 0.334 e. The molecule has 1 N–H and O–H groups in total. The summed E-state index contributed by atoms with van der Waals surface area (Å²) in [4.78, 5) is 29.0. The summed E-state index contributed by atoms with van der Waals surface area (Å²) in [6.45, 7) is 7.69. The van der Waals surface area contributed by atoms with Crippen molar-refractivity contribution in [2.45, 2.75) is 33.1 Å². The van der Waals surface area contributed by atoms with Crippen molar-refractivity contribution in [3.05, 3.63) is 0 Å². The van der Waals surface area contributed by atoms with Gasteiger partial charge in [0.1, 0.15) is 5.41 Å². The van der Waals surface area contributed by atoms with Crippen LogP contribution in [0.25, 0.3) is 0 Å². The van der Waals surface area contributed by atoms with Crippen molar-refractivity contribution in [3.8, 4) is 0 Å². The van der Waals surface area contributed by atoms with Crippen LogP contribution in [0.5, 0.6) is 0 Å². The molecule has 0 spiro atoms. The van der Waals surface area contributed by atoms with Crippen molar-refractivity contribution in [2.24, 2.45) is 16.7 Å². The van der Waals surface area contributed by atoms with E-state index >= 15 is 0 Å². The highest BCUT2D eigenvalue weighted by Gasteiger charge is 2.65. The molecule has 1 heterocycles. The zero-order chi connectivity index (χ0) is 13.8. The zero-order valence-electron chi connectivity index (χ0n) is 12.3. The van der Waals surface area contributed by atoms with Crippen LogP contribution in [0.4, 0.5) is 0 Å².